The molecule has 0 aromatic rings. The molecule has 0 bridgehead atoms. The highest BCUT2D eigenvalue weighted by Gasteiger charge is 2.65. The molecule has 2 nitrogen and oxygen atoms in total. The van der Waals surface area contributed by atoms with Gasteiger partial charge < -0.3 is 0 Å². The molecule has 15 heavy (non-hydrogen) atoms. The van der Waals surface area contributed by atoms with Crippen molar-refractivity contribution in [1.82, 2.24) is 0 Å². The van der Waals surface area contributed by atoms with Gasteiger partial charge in [-0.3, -0.25) is 9.59 Å². The second-order valence-corrected chi connectivity index (χ2v) is 6.14. The third-order valence-corrected chi connectivity index (χ3v) is 5.75. The Kier molecular flexibility index (Phi) is 3.19. The Labute approximate surface area is 104 Å². The molecular weight excluding hydrogens is 258 g/mol. The average molecular weight is 272 g/mol. The number of rotatable bonds is 2. The van der Waals surface area contributed by atoms with E-state index < -0.39 is 26.2 Å². The van der Waals surface area contributed by atoms with Crippen LogP contribution in [0.5, 0.6) is 0 Å². The van der Waals surface area contributed by atoms with Crippen LogP contribution < -0.4 is 0 Å². The van der Waals surface area contributed by atoms with Crippen molar-refractivity contribution in [1.29, 1.82) is 0 Å². The monoisotopic (exact) mass is 270 g/mol. The second-order valence-electron chi connectivity index (χ2n) is 4.81. The summed E-state index contributed by atoms with van der Waals surface area (Å²) in [5.41, 5.74) is -1.56. The highest BCUT2D eigenvalue weighted by Crippen LogP contribution is 2.62. The fourth-order valence-electron chi connectivity index (χ4n) is 2.17. The molecule has 86 valence electrons. The summed E-state index contributed by atoms with van der Waals surface area (Å²) in [6, 6.07) is 0. The molecule has 0 amide bonds. The number of halogens is 3. The third-order valence-electron chi connectivity index (χ3n) is 4.08. The van der Waals surface area contributed by atoms with Crippen molar-refractivity contribution in [3.05, 3.63) is 0 Å². The maximum Gasteiger partial charge on any atom is 0.243 e. The number of alkyl halides is 1. The van der Waals surface area contributed by atoms with E-state index in [1.54, 1.807) is 20.8 Å². The molecule has 0 radical (unpaired) electrons. The molecule has 0 saturated heterocycles. The minimum Gasteiger partial charge on any atom is -0.281 e. The first-order valence-electron chi connectivity index (χ1n) is 4.68. The van der Waals surface area contributed by atoms with Crippen molar-refractivity contribution in [2.75, 3.05) is 0 Å². The van der Waals surface area contributed by atoms with Gasteiger partial charge >= 0.3 is 0 Å². The summed E-state index contributed by atoms with van der Waals surface area (Å²) in [6.07, 6.45) is 0.850. The van der Waals surface area contributed by atoms with Crippen LogP contribution in [0.4, 0.5) is 0 Å². The van der Waals surface area contributed by atoms with Gasteiger partial charge in [0.1, 0.15) is 4.87 Å². The summed E-state index contributed by atoms with van der Waals surface area (Å²) in [5.74, 6) is 0. The van der Waals surface area contributed by atoms with E-state index in [4.69, 9.17) is 34.8 Å². The number of hydrogen-bond donors (Lipinski definition) is 0. The lowest BCUT2D eigenvalue weighted by atomic mass is 9.66. The van der Waals surface area contributed by atoms with Crippen LogP contribution in [0.1, 0.15) is 33.6 Å². The summed E-state index contributed by atoms with van der Waals surface area (Å²) in [7, 11) is 0. The van der Waals surface area contributed by atoms with Crippen molar-refractivity contribution < 1.29 is 9.59 Å². The first-order valence-corrected chi connectivity index (χ1v) is 5.82. The third kappa shape index (κ3) is 1.53. The molecule has 0 aliphatic heterocycles. The molecule has 1 aliphatic rings. The molecular formula is C10H13Cl3O2. The second kappa shape index (κ2) is 3.61. The zero-order valence-corrected chi connectivity index (χ0v) is 11.1. The molecule has 5 heteroatoms. The van der Waals surface area contributed by atoms with Crippen LogP contribution in [0, 0.1) is 10.8 Å². The van der Waals surface area contributed by atoms with Crippen LogP contribution in [0.15, 0.2) is 0 Å². The molecule has 1 saturated carbocycles. The van der Waals surface area contributed by atoms with Gasteiger partial charge in [0.05, 0.1) is 0 Å². The first kappa shape index (κ1) is 13.3. The molecule has 0 aromatic heterocycles. The Morgan fingerprint density at radius 1 is 1.00 bits per heavy atom. The standard InChI is InChI=1S/C10H13Cl3O2/c1-8(2)9(3,6(11)14)4-5-10(8,13)7(12)15/h4-5H2,1-3H3/t9-,10-/m0/s1. The average Bonchev–Trinajstić information content (AvgIpc) is 2.28. The number of carbonyl (C=O) groups excluding carboxylic acids is 2. The van der Waals surface area contributed by atoms with Gasteiger partial charge in [-0.15, -0.1) is 11.6 Å². The molecule has 0 aromatic carbocycles. The molecule has 1 fully saturated rings. The molecule has 0 heterocycles. The summed E-state index contributed by atoms with van der Waals surface area (Å²) in [4.78, 5) is 21.6. The lowest BCUT2D eigenvalue weighted by Crippen LogP contribution is -2.48. The van der Waals surface area contributed by atoms with Gasteiger partial charge in [0.2, 0.25) is 10.5 Å². The normalized spacial score (nSPS) is 39.1. The fraction of sp³-hybridized carbons (Fsp3) is 0.800. The number of carbonyl (C=O) groups is 2. The number of hydrogen-bond acceptors (Lipinski definition) is 2. The lowest BCUT2D eigenvalue weighted by Gasteiger charge is -2.41. The highest BCUT2D eigenvalue weighted by molar-refractivity contribution is 6.71. The van der Waals surface area contributed by atoms with Crippen molar-refractivity contribution in [2.45, 2.75) is 38.5 Å². The van der Waals surface area contributed by atoms with Gasteiger partial charge in [-0.1, -0.05) is 20.8 Å². The van der Waals surface area contributed by atoms with Crippen LogP contribution in [-0.4, -0.2) is 15.4 Å². The molecule has 0 unspecified atom stereocenters. The molecule has 1 rings (SSSR count). The topological polar surface area (TPSA) is 34.1 Å². The minimum absolute atomic E-state index is 0.374. The van der Waals surface area contributed by atoms with Crippen LogP contribution in [0.25, 0.3) is 0 Å². The van der Waals surface area contributed by atoms with Crippen molar-refractivity contribution in [2.24, 2.45) is 10.8 Å². The van der Waals surface area contributed by atoms with Crippen LogP contribution >= 0.6 is 34.8 Å². The summed E-state index contributed by atoms with van der Waals surface area (Å²) in [5, 5.41) is -1.08. The fourth-order valence-corrected chi connectivity index (χ4v) is 3.14. The van der Waals surface area contributed by atoms with E-state index in [1.165, 1.54) is 0 Å². The first-order chi connectivity index (χ1) is 6.59. The maximum absolute atomic E-state index is 11.4. The Balaban J connectivity index is 3.26. The van der Waals surface area contributed by atoms with Crippen LogP contribution in [0.3, 0.4) is 0 Å². The van der Waals surface area contributed by atoms with Crippen molar-refractivity contribution >= 4 is 45.3 Å². The molecule has 0 N–H and O–H groups in total. The van der Waals surface area contributed by atoms with Gasteiger partial charge in [0, 0.05) is 10.8 Å². The van der Waals surface area contributed by atoms with E-state index in [0.717, 1.165) is 0 Å². The quantitative estimate of drug-likeness (QED) is 0.570. The lowest BCUT2D eigenvalue weighted by molar-refractivity contribution is -0.126. The largest absolute Gasteiger partial charge is 0.281 e. The smallest absolute Gasteiger partial charge is 0.243 e. The molecule has 1 aliphatic carbocycles. The van der Waals surface area contributed by atoms with Crippen molar-refractivity contribution in [3.63, 3.8) is 0 Å². The summed E-state index contributed by atoms with van der Waals surface area (Å²) in [6.45, 7) is 5.24. The summed E-state index contributed by atoms with van der Waals surface area (Å²) >= 11 is 17.3. The van der Waals surface area contributed by atoms with Gasteiger partial charge in [0.15, 0.2) is 0 Å². The predicted octanol–water partition coefficient (Wildman–Crippen LogP) is 3.32. The van der Waals surface area contributed by atoms with Gasteiger partial charge in [-0.25, -0.2) is 0 Å². The highest BCUT2D eigenvalue weighted by atomic mass is 35.5. The zero-order chi connectivity index (χ0) is 12.1. The Hall–Kier alpha value is 0.210. The van der Waals surface area contributed by atoms with E-state index in [1.807, 2.05) is 0 Å². The van der Waals surface area contributed by atoms with E-state index in [0.29, 0.717) is 12.8 Å². The van der Waals surface area contributed by atoms with Gasteiger partial charge in [0.25, 0.3) is 0 Å². The Bertz CT molecular complexity index is 297. The van der Waals surface area contributed by atoms with E-state index in [-0.39, 0.29) is 0 Å². The van der Waals surface area contributed by atoms with E-state index >= 15 is 0 Å². The van der Waals surface area contributed by atoms with Crippen LogP contribution in [-0.2, 0) is 9.59 Å². The summed E-state index contributed by atoms with van der Waals surface area (Å²) < 4.78 is 0. The van der Waals surface area contributed by atoms with E-state index in [2.05, 4.69) is 0 Å². The predicted molar refractivity (Wildman–Crippen MR) is 61.4 cm³/mol. The van der Waals surface area contributed by atoms with Gasteiger partial charge in [-0.05, 0) is 36.0 Å². The van der Waals surface area contributed by atoms with Gasteiger partial charge in [-0.2, -0.15) is 0 Å². The van der Waals surface area contributed by atoms with Crippen molar-refractivity contribution in [3.8, 4) is 0 Å². The SMILES string of the molecule is CC1(C)[C@](C)(C(=O)Cl)CC[C@]1(Cl)C(=O)Cl. The molecule has 0 spiro atoms. The Morgan fingerprint density at radius 3 is 1.67 bits per heavy atom. The van der Waals surface area contributed by atoms with Crippen LogP contribution in [0.2, 0.25) is 0 Å². The maximum atomic E-state index is 11.4. The Morgan fingerprint density at radius 2 is 1.47 bits per heavy atom. The zero-order valence-electron chi connectivity index (χ0n) is 8.86. The molecule has 2 atom stereocenters. The van der Waals surface area contributed by atoms with E-state index in [9.17, 15) is 9.59 Å². The minimum atomic E-state index is -1.20.